The van der Waals surface area contributed by atoms with Crippen molar-refractivity contribution in [2.75, 3.05) is 6.61 Å². The third-order valence-corrected chi connectivity index (χ3v) is 5.71. The third kappa shape index (κ3) is 5.41. The second kappa shape index (κ2) is 9.16. The van der Waals surface area contributed by atoms with E-state index in [0.29, 0.717) is 38.8 Å². The Kier molecular flexibility index (Phi) is 6.64. The number of rotatable bonds is 7. The number of ether oxygens (including phenoxy) is 1. The predicted molar refractivity (Wildman–Crippen MR) is 102 cm³/mol. The van der Waals surface area contributed by atoms with Crippen molar-refractivity contribution in [2.24, 2.45) is 11.8 Å². The molecule has 5 nitrogen and oxygen atoms in total. The minimum Gasteiger partial charge on any atom is -0.466 e. The van der Waals surface area contributed by atoms with Gasteiger partial charge in [-0.05, 0) is 43.6 Å². The molecule has 1 aromatic carbocycles. The van der Waals surface area contributed by atoms with Crippen molar-refractivity contribution >= 4 is 17.7 Å². The number of benzene rings is 1. The molecule has 1 aromatic rings. The SMILES string of the molecule is CCOC(=O)CC1CC(=O)CC(CC2CCC(=O)N2Cc2ccccc2)C1. The average molecular weight is 371 g/mol. The normalized spacial score (nSPS) is 25.7. The molecule has 5 heteroatoms. The first-order valence-corrected chi connectivity index (χ1v) is 10.1. The van der Waals surface area contributed by atoms with E-state index in [-0.39, 0.29) is 35.5 Å². The van der Waals surface area contributed by atoms with E-state index in [2.05, 4.69) is 0 Å². The lowest BCUT2D eigenvalue weighted by Gasteiger charge is -2.32. The molecule has 3 unspecified atom stereocenters. The van der Waals surface area contributed by atoms with Crippen molar-refractivity contribution in [3.8, 4) is 0 Å². The van der Waals surface area contributed by atoms with E-state index in [1.807, 2.05) is 35.2 Å². The van der Waals surface area contributed by atoms with Crippen LogP contribution in [0.25, 0.3) is 0 Å². The van der Waals surface area contributed by atoms with Gasteiger partial charge in [0.1, 0.15) is 5.78 Å². The molecule has 0 N–H and O–H groups in total. The highest BCUT2D eigenvalue weighted by Crippen LogP contribution is 2.35. The van der Waals surface area contributed by atoms with Crippen molar-refractivity contribution in [3.05, 3.63) is 35.9 Å². The van der Waals surface area contributed by atoms with E-state index in [4.69, 9.17) is 4.74 Å². The summed E-state index contributed by atoms with van der Waals surface area (Å²) in [5, 5.41) is 0. The zero-order chi connectivity index (χ0) is 19.2. The molecule has 1 aliphatic carbocycles. The van der Waals surface area contributed by atoms with E-state index >= 15 is 0 Å². The van der Waals surface area contributed by atoms with Gasteiger partial charge in [0.05, 0.1) is 6.61 Å². The Hall–Kier alpha value is -2.17. The highest BCUT2D eigenvalue weighted by molar-refractivity contribution is 5.81. The second-order valence-electron chi connectivity index (χ2n) is 7.86. The van der Waals surface area contributed by atoms with Gasteiger partial charge in [-0.2, -0.15) is 0 Å². The van der Waals surface area contributed by atoms with Gasteiger partial charge >= 0.3 is 5.97 Å². The fourth-order valence-electron chi connectivity index (χ4n) is 4.58. The summed E-state index contributed by atoms with van der Waals surface area (Å²) in [6, 6.07) is 10.2. The minimum atomic E-state index is -0.210. The summed E-state index contributed by atoms with van der Waals surface area (Å²) in [4.78, 5) is 38.3. The quantitative estimate of drug-likeness (QED) is 0.688. The molecule has 0 aromatic heterocycles. The van der Waals surface area contributed by atoms with Gasteiger partial charge in [-0.15, -0.1) is 0 Å². The van der Waals surface area contributed by atoms with Crippen LogP contribution in [-0.4, -0.2) is 35.2 Å². The van der Waals surface area contributed by atoms with Gasteiger partial charge in [0.25, 0.3) is 0 Å². The zero-order valence-electron chi connectivity index (χ0n) is 16.1. The summed E-state index contributed by atoms with van der Waals surface area (Å²) in [5.74, 6) is 0.557. The molecule has 1 aliphatic heterocycles. The standard InChI is InChI=1S/C22H29NO4/c1-2-27-22(26)14-18-10-17(12-20(24)13-18)11-19-8-9-21(25)23(19)15-16-6-4-3-5-7-16/h3-7,17-19H,2,8-15H2,1H3. The van der Waals surface area contributed by atoms with Crippen molar-refractivity contribution in [2.45, 2.75) is 64.5 Å². The fourth-order valence-corrected chi connectivity index (χ4v) is 4.58. The van der Waals surface area contributed by atoms with Crippen molar-refractivity contribution in [1.82, 2.24) is 4.90 Å². The molecule has 0 bridgehead atoms. The van der Waals surface area contributed by atoms with E-state index in [1.165, 1.54) is 0 Å². The molecule has 2 fully saturated rings. The van der Waals surface area contributed by atoms with Gasteiger partial charge in [0.15, 0.2) is 0 Å². The maximum Gasteiger partial charge on any atom is 0.306 e. The van der Waals surface area contributed by atoms with Crippen LogP contribution in [0.5, 0.6) is 0 Å². The van der Waals surface area contributed by atoms with Crippen LogP contribution < -0.4 is 0 Å². The number of hydrogen-bond acceptors (Lipinski definition) is 4. The molecule has 3 rings (SSSR count). The van der Waals surface area contributed by atoms with Gasteiger partial charge in [-0.1, -0.05) is 30.3 Å². The van der Waals surface area contributed by atoms with Crippen molar-refractivity contribution in [3.63, 3.8) is 0 Å². The van der Waals surface area contributed by atoms with Crippen LogP contribution in [0.15, 0.2) is 30.3 Å². The number of amides is 1. The van der Waals surface area contributed by atoms with E-state index < -0.39 is 0 Å². The topological polar surface area (TPSA) is 63.7 Å². The third-order valence-electron chi connectivity index (χ3n) is 5.71. The maximum atomic E-state index is 12.4. The molecule has 27 heavy (non-hydrogen) atoms. The number of ketones is 1. The fraction of sp³-hybridized carbons (Fsp3) is 0.591. The Balaban J connectivity index is 1.59. The van der Waals surface area contributed by atoms with Crippen molar-refractivity contribution in [1.29, 1.82) is 0 Å². The Morgan fingerprint density at radius 1 is 1.15 bits per heavy atom. The molecule has 1 heterocycles. The summed E-state index contributed by atoms with van der Waals surface area (Å²) in [6.07, 6.45) is 4.55. The molecular formula is C22H29NO4. The lowest BCUT2D eigenvalue weighted by molar-refractivity contribution is -0.144. The van der Waals surface area contributed by atoms with Crippen LogP contribution in [0.4, 0.5) is 0 Å². The molecule has 1 saturated carbocycles. The van der Waals surface area contributed by atoms with Crippen LogP contribution in [0.3, 0.4) is 0 Å². The number of hydrogen-bond donors (Lipinski definition) is 0. The summed E-state index contributed by atoms with van der Waals surface area (Å²) >= 11 is 0. The molecule has 1 amide bonds. The van der Waals surface area contributed by atoms with Crippen LogP contribution in [0.1, 0.15) is 57.4 Å². The average Bonchev–Trinajstić information content (AvgIpc) is 2.95. The smallest absolute Gasteiger partial charge is 0.306 e. The van der Waals surface area contributed by atoms with Crippen LogP contribution in [-0.2, 0) is 25.7 Å². The van der Waals surface area contributed by atoms with Gasteiger partial charge in [-0.3, -0.25) is 14.4 Å². The number of Topliss-reactive ketones (excluding diaryl/α,β-unsaturated/α-hetero) is 1. The first kappa shape index (κ1) is 19.6. The summed E-state index contributed by atoms with van der Waals surface area (Å²) in [5.41, 5.74) is 1.14. The molecule has 0 spiro atoms. The Bertz CT molecular complexity index is 672. The molecule has 2 aliphatic rings. The number of carbonyl (C=O) groups excluding carboxylic acids is 3. The largest absolute Gasteiger partial charge is 0.466 e. The number of nitrogens with zero attached hydrogens (tertiary/aromatic N) is 1. The van der Waals surface area contributed by atoms with Crippen LogP contribution >= 0.6 is 0 Å². The lowest BCUT2D eigenvalue weighted by Crippen LogP contribution is -2.35. The van der Waals surface area contributed by atoms with Gasteiger partial charge in [-0.25, -0.2) is 0 Å². The number of likely N-dealkylation sites (tertiary alicyclic amines) is 1. The molecule has 0 radical (unpaired) electrons. The molecule has 1 saturated heterocycles. The van der Waals surface area contributed by atoms with Crippen LogP contribution in [0.2, 0.25) is 0 Å². The van der Waals surface area contributed by atoms with E-state index in [0.717, 1.165) is 24.8 Å². The number of esters is 1. The monoisotopic (exact) mass is 371 g/mol. The Morgan fingerprint density at radius 3 is 2.63 bits per heavy atom. The van der Waals surface area contributed by atoms with Gasteiger partial charge in [0, 0.05) is 38.3 Å². The first-order valence-electron chi connectivity index (χ1n) is 10.1. The lowest BCUT2D eigenvalue weighted by atomic mass is 9.76. The number of carbonyl (C=O) groups is 3. The predicted octanol–water partition coefficient (Wildman–Crippen LogP) is 3.51. The molecular weight excluding hydrogens is 342 g/mol. The highest BCUT2D eigenvalue weighted by Gasteiger charge is 2.36. The van der Waals surface area contributed by atoms with E-state index in [1.54, 1.807) is 6.92 Å². The van der Waals surface area contributed by atoms with Gasteiger partial charge < -0.3 is 9.64 Å². The summed E-state index contributed by atoms with van der Waals surface area (Å²) < 4.78 is 5.04. The van der Waals surface area contributed by atoms with E-state index in [9.17, 15) is 14.4 Å². The first-order chi connectivity index (χ1) is 13.0. The van der Waals surface area contributed by atoms with Crippen molar-refractivity contribution < 1.29 is 19.1 Å². The van der Waals surface area contributed by atoms with Crippen LogP contribution in [0, 0.1) is 11.8 Å². The second-order valence-corrected chi connectivity index (χ2v) is 7.86. The Morgan fingerprint density at radius 2 is 1.89 bits per heavy atom. The Labute approximate surface area is 161 Å². The summed E-state index contributed by atoms with van der Waals surface area (Å²) in [6.45, 7) is 2.81. The molecule has 146 valence electrons. The minimum absolute atomic E-state index is 0.0787. The molecule has 3 atom stereocenters. The zero-order valence-corrected chi connectivity index (χ0v) is 16.1. The van der Waals surface area contributed by atoms with Gasteiger partial charge in [0.2, 0.25) is 5.91 Å². The summed E-state index contributed by atoms with van der Waals surface area (Å²) in [7, 11) is 0. The highest BCUT2D eigenvalue weighted by atomic mass is 16.5. The maximum absolute atomic E-state index is 12.4.